The number of thioether (sulfide) groups is 1. The van der Waals surface area contributed by atoms with Crippen molar-refractivity contribution in [3.63, 3.8) is 0 Å². The average Bonchev–Trinajstić information content (AvgIpc) is 3.22. The van der Waals surface area contributed by atoms with Crippen LogP contribution in [-0.4, -0.2) is 81.2 Å². The molecule has 1 aromatic rings. The van der Waals surface area contributed by atoms with Crippen molar-refractivity contribution < 1.29 is 23.2 Å². The molecule has 5 unspecified atom stereocenters. The van der Waals surface area contributed by atoms with Gasteiger partial charge in [0, 0.05) is 50.2 Å². The van der Waals surface area contributed by atoms with Gasteiger partial charge in [-0.05, 0) is 55.6 Å². The highest BCUT2D eigenvalue weighted by atomic mass is 32.2. The molecule has 2 saturated heterocycles. The first-order chi connectivity index (χ1) is 19.0. The molecular formula is C30H42F2N4O3S. The number of benzene rings is 1. The van der Waals surface area contributed by atoms with Crippen LogP contribution in [0.25, 0.3) is 0 Å². The first-order valence-electron chi connectivity index (χ1n) is 14.7. The molecule has 10 heteroatoms. The lowest BCUT2D eigenvalue weighted by Crippen LogP contribution is -2.51. The molecule has 0 radical (unpaired) electrons. The third-order valence-electron chi connectivity index (χ3n) is 8.89. The van der Waals surface area contributed by atoms with Crippen molar-refractivity contribution in [2.24, 2.45) is 11.3 Å². The van der Waals surface area contributed by atoms with Gasteiger partial charge in [0.1, 0.15) is 12.3 Å². The minimum atomic E-state index is -1.58. The number of nitrogens with zero attached hydrogens (tertiary/aromatic N) is 3. The Hall–Kier alpha value is -2.36. The number of para-hydroxylation sites is 1. The van der Waals surface area contributed by atoms with Gasteiger partial charge in [0.05, 0.1) is 10.6 Å². The second kappa shape index (κ2) is 11.9. The van der Waals surface area contributed by atoms with Crippen LogP contribution in [-0.2, 0) is 16.1 Å². The van der Waals surface area contributed by atoms with E-state index in [2.05, 4.69) is 26.1 Å². The molecule has 1 aromatic carbocycles. The van der Waals surface area contributed by atoms with Gasteiger partial charge < -0.3 is 20.0 Å². The quantitative estimate of drug-likeness (QED) is 0.479. The predicted octanol–water partition coefficient (Wildman–Crippen LogP) is 5.60. The highest BCUT2D eigenvalue weighted by Crippen LogP contribution is 2.45. The van der Waals surface area contributed by atoms with Crippen LogP contribution >= 0.6 is 11.8 Å². The normalized spacial score (nSPS) is 29.9. The molecule has 0 aromatic heterocycles. The Morgan fingerprint density at radius 2 is 1.80 bits per heavy atom. The predicted molar refractivity (Wildman–Crippen MR) is 153 cm³/mol. The molecule has 7 nitrogen and oxygen atoms in total. The molecule has 3 aliphatic heterocycles. The first-order valence-corrected chi connectivity index (χ1v) is 15.6. The molecule has 4 aliphatic rings. The summed E-state index contributed by atoms with van der Waals surface area (Å²) in [7, 11) is 0. The van der Waals surface area contributed by atoms with E-state index in [0.717, 1.165) is 17.7 Å². The van der Waals surface area contributed by atoms with Gasteiger partial charge in [0.25, 0.3) is 0 Å². The first kappa shape index (κ1) is 29.1. The Kier molecular flexibility index (Phi) is 8.64. The van der Waals surface area contributed by atoms with E-state index in [1.165, 1.54) is 11.8 Å². The summed E-state index contributed by atoms with van der Waals surface area (Å²) in [6, 6.07) is 7.72. The molecule has 1 saturated carbocycles. The zero-order valence-electron chi connectivity index (χ0n) is 23.8. The smallest absolute Gasteiger partial charge is 0.322 e. The lowest BCUT2D eigenvalue weighted by atomic mass is 9.85. The van der Waals surface area contributed by atoms with Crippen LogP contribution in [0.3, 0.4) is 0 Å². The largest absolute Gasteiger partial charge is 0.342 e. The van der Waals surface area contributed by atoms with Gasteiger partial charge >= 0.3 is 6.03 Å². The third-order valence-corrected chi connectivity index (χ3v) is 10.5. The van der Waals surface area contributed by atoms with E-state index in [0.29, 0.717) is 51.9 Å². The summed E-state index contributed by atoms with van der Waals surface area (Å²) in [6.45, 7) is 8.38. The molecule has 40 heavy (non-hydrogen) atoms. The molecule has 5 rings (SSSR count). The van der Waals surface area contributed by atoms with Crippen LogP contribution in [0.15, 0.2) is 24.3 Å². The third kappa shape index (κ3) is 6.26. The van der Waals surface area contributed by atoms with Gasteiger partial charge in [0.15, 0.2) is 0 Å². The van der Waals surface area contributed by atoms with E-state index in [4.69, 9.17) is 0 Å². The molecular weight excluding hydrogens is 534 g/mol. The monoisotopic (exact) mass is 576 g/mol. The van der Waals surface area contributed by atoms with E-state index < -0.39 is 28.9 Å². The number of carbonyl (C=O) groups is 3. The Morgan fingerprint density at radius 3 is 2.52 bits per heavy atom. The van der Waals surface area contributed by atoms with E-state index in [9.17, 15) is 18.8 Å². The Balaban J connectivity index is 1.19. The maximum atomic E-state index is 15.0. The molecule has 0 spiro atoms. The summed E-state index contributed by atoms with van der Waals surface area (Å²) in [5.74, 6) is -0.758. The summed E-state index contributed by atoms with van der Waals surface area (Å²) in [5, 5.41) is 1.95. The van der Waals surface area contributed by atoms with Crippen molar-refractivity contribution >= 4 is 35.3 Å². The lowest BCUT2D eigenvalue weighted by Gasteiger charge is -2.40. The van der Waals surface area contributed by atoms with E-state index in [1.807, 2.05) is 29.2 Å². The number of anilines is 1. The number of halogens is 2. The van der Waals surface area contributed by atoms with Gasteiger partial charge in [-0.1, -0.05) is 39.0 Å². The Morgan fingerprint density at radius 1 is 1.07 bits per heavy atom. The van der Waals surface area contributed by atoms with Crippen LogP contribution in [0.2, 0.25) is 0 Å². The summed E-state index contributed by atoms with van der Waals surface area (Å²) < 4.78 is 29.3. The van der Waals surface area contributed by atoms with E-state index in [-0.39, 0.29) is 42.1 Å². The minimum Gasteiger partial charge on any atom is -0.342 e. The number of hydrogen-bond donors (Lipinski definition) is 1. The molecule has 4 amide bonds. The fourth-order valence-electron chi connectivity index (χ4n) is 6.44. The van der Waals surface area contributed by atoms with Crippen molar-refractivity contribution in [3.8, 4) is 0 Å². The minimum absolute atomic E-state index is 0.00854. The zero-order chi connectivity index (χ0) is 28.6. The molecule has 220 valence electrons. The zero-order valence-corrected chi connectivity index (χ0v) is 24.6. The van der Waals surface area contributed by atoms with Gasteiger partial charge in [-0.25, -0.2) is 13.6 Å². The summed E-state index contributed by atoms with van der Waals surface area (Å²) >= 11 is 1.36. The maximum absolute atomic E-state index is 15.0. The highest BCUT2D eigenvalue weighted by molar-refractivity contribution is 8.01. The number of likely N-dealkylation sites (tertiary alicyclic amines) is 1. The van der Waals surface area contributed by atoms with Crippen LogP contribution < -0.4 is 5.32 Å². The van der Waals surface area contributed by atoms with Gasteiger partial charge in [-0.15, -0.1) is 11.8 Å². The molecule has 0 bridgehead atoms. The molecule has 1 aliphatic carbocycles. The topological polar surface area (TPSA) is 73.0 Å². The number of fused-ring (bicyclic) bond motifs is 1. The van der Waals surface area contributed by atoms with Crippen LogP contribution in [0.4, 0.5) is 19.3 Å². The number of piperidine rings is 1. The number of rotatable bonds is 6. The highest BCUT2D eigenvalue weighted by Gasteiger charge is 2.49. The van der Waals surface area contributed by atoms with Crippen LogP contribution in [0, 0.1) is 11.3 Å². The summed E-state index contributed by atoms with van der Waals surface area (Å²) in [6.07, 6.45) is 0.506. The van der Waals surface area contributed by atoms with Crippen LogP contribution in [0.1, 0.15) is 71.3 Å². The van der Waals surface area contributed by atoms with E-state index in [1.54, 1.807) is 9.80 Å². The van der Waals surface area contributed by atoms with Crippen molar-refractivity contribution in [2.75, 3.05) is 25.0 Å². The Labute approximate surface area is 240 Å². The second-order valence-electron chi connectivity index (χ2n) is 12.9. The van der Waals surface area contributed by atoms with Crippen molar-refractivity contribution in [1.82, 2.24) is 14.7 Å². The maximum Gasteiger partial charge on any atom is 0.322 e. The fraction of sp³-hybridized carbons (Fsp3) is 0.700. The van der Waals surface area contributed by atoms with Crippen molar-refractivity contribution in [2.45, 2.75) is 101 Å². The van der Waals surface area contributed by atoms with Gasteiger partial charge in [-0.2, -0.15) is 0 Å². The van der Waals surface area contributed by atoms with E-state index >= 15 is 4.39 Å². The fourth-order valence-corrected chi connectivity index (χ4v) is 8.11. The average molecular weight is 577 g/mol. The van der Waals surface area contributed by atoms with Crippen LogP contribution in [0.5, 0.6) is 0 Å². The lowest BCUT2D eigenvalue weighted by molar-refractivity contribution is -0.137. The number of nitrogens with one attached hydrogen (secondary N) is 1. The second-order valence-corrected chi connectivity index (χ2v) is 14.3. The SMILES string of the molecule is CC(C)(C)CCN1C(=O)C(CC(=O)N2CCC(N3Cc4ccccc4NC3=O)CC2)SC1C1CCCC(F)C1F. The molecule has 3 fully saturated rings. The standard InChI is InChI=1S/C30H42F2N4O3S/c1-30(2,3)13-16-35-27(38)24(40-28(35)21-8-6-9-22(31)26(21)32)17-25(37)34-14-11-20(12-15-34)36-18-19-7-4-5-10-23(19)33-29(36)39/h4-5,7,10,20-22,24,26,28H,6,8-9,11-18H2,1-3H3,(H,33,39). The van der Waals surface area contributed by atoms with Gasteiger partial charge in [0.2, 0.25) is 11.8 Å². The van der Waals surface area contributed by atoms with Crippen molar-refractivity contribution in [3.05, 3.63) is 29.8 Å². The Bertz CT molecular complexity index is 1110. The number of amides is 4. The molecule has 3 heterocycles. The number of urea groups is 1. The number of hydrogen-bond acceptors (Lipinski definition) is 4. The number of carbonyl (C=O) groups excluding carboxylic acids is 3. The molecule has 1 N–H and O–H groups in total. The summed E-state index contributed by atoms with van der Waals surface area (Å²) in [4.78, 5) is 45.0. The number of alkyl halides is 2. The van der Waals surface area contributed by atoms with Crippen molar-refractivity contribution in [1.29, 1.82) is 0 Å². The summed E-state index contributed by atoms with van der Waals surface area (Å²) in [5.41, 5.74) is 1.92. The van der Waals surface area contributed by atoms with Gasteiger partial charge in [-0.3, -0.25) is 9.59 Å². The molecule has 5 atom stereocenters.